The average molecular weight is 266 g/mol. The summed E-state index contributed by atoms with van der Waals surface area (Å²) in [5.41, 5.74) is 3.42. The highest BCUT2D eigenvalue weighted by Crippen LogP contribution is 2.22. The Bertz CT molecular complexity index is 408. The van der Waals surface area contributed by atoms with E-state index in [9.17, 15) is 0 Å². The summed E-state index contributed by atoms with van der Waals surface area (Å²) in [7, 11) is 0. The summed E-state index contributed by atoms with van der Waals surface area (Å²) in [5, 5.41) is 1.10. The maximum Gasteiger partial charge on any atom is 0.190 e. The van der Waals surface area contributed by atoms with Gasteiger partial charge in [-0.2, -0.15) is 0 Å². The van der Waals surface area contributed by atoms with Gasteiger partial charge in [-0.05, 0) is 18.2 Å². The lowest BCUT2D eigenvalue weighted by Crippen LogP contribution is -2.19. The van der Waals surface area contributed by atoms with Gasteiger partial charge in [-0.3, -0.25) is 0 Å². The zero-order chi connectivity index (χ0) is 10.8. The number of alkyl halides is 1. The molecule has 0 radical (unpaired) electrons. The minimum atomic E-state index is -0.367. The Morgan fingerprint density at radius 1 is 1.40 bits per heavy atom. The fraction of sp³-hybridized carbons (Fsp3) is 0.222. The molecule has 80 valence electrons. The molecule has 2 rings (SSSR count). The van der Waals surface area contributed by atoms with Gasteiger partial charge in [-0.15, -0.1) is 11.6 Å². The first-order valence-corrected chi connectivity index (χ1v) is 5.50. The van der Waals surface area contributed by atoms with Crippen molar-refractivity contribution in [3.05, 3.63) is 33.8 Å². The number of halogens is 3. The molecule has 1 aliphatic rings. The van der Waals surface area contributed by atoms with Crippen molar-refractivity contribution in [2.24, 2.45) is 4.99 Å². The van der Waals surface area contributed by atoms with Crippen LogP contribution in [0.4, 0.5) is 0 Å². The Hall–Kier alpha value is -0.480. The fourth-order valence-corrected chi connectivity index (χ4v) is 1.82. The van der Waals surface area contributed by atoms with Gasteiger partial charge in [0.25, 0.3) is 0 Å². The summed E-state index contributed by atoms with van der Waals surface area (Å²) < 4.78 is 0. The number of hydrogen-bond acceptors (Lipinski definition) is 3. The molecule has 1 aromatic carbocycles. The number of rotatable bonds is 2. The van der Waals surface area contributed by atoms with Gasteiger partial charge >= 0.3 is 0 Å². The second kappa shape index (κ2) is 4.58. The summed E-state index contributed by atoms with van der Waals surface area (Å²) in [5.74, 6) is 0.865. The molecule has 1 unspecified atom stereocenters. The van der Waals surface area contributed by atoms with Crippen LogP contribution in [0.25, 0.3) is 0 Å². The molecular formula is C9H7Cl3N2O. The van der Waals surface area contributed by atoms with E-state index >= 15 is 0 Å². The molecule has 0 saturated heterocycles. The van der Waals surface area contributed by atoms with Crippen LogP contribution in [-0.2, 0) is 4.84 Å². The number of nitrogens with zero attached hydrogens (tertiary/aromatic N) is 1. The van der Waals surface area contributed by atoms with Crippen LogP contribution in [0.15, 0.2) is 23.2 Å². The molecule has 15 heavy (non-hydrogen) atoms. The zero-order valence-electron chi connectivity index (χ0n) is 7.51. The van der Waals surface area contributed by atoms with Crippen LogP contribution in [0, 0.1) is 0 Å². The summed E-state index contributed by atoms with van der Waals surface area (Å²) in [6, 6.07) is 5.16. The predicted octanol–water partition coefficient (Wildman–Crippen LogP) is 2.84. The minimum absolute atomic E-state index is 0.293. The summed E-state index contributed by atoms with van der Waals surface area (Å²) in [6.45, 7) is 0. The molecule has 0 spiro atoms. The molecule has 6 heteroatoms. The van der Waals surface area contributed by atoms with Crippen LogP contribution < -0.4 is 5.48 Å². The standard InChI is InChI=1S/C9H7Cl3N2O/c10-4-8-13-9(14-15-8)6-2-1-5(11)3-7(6)12/h1-3,8H,4H2,(H,13,14). The smallest absolute Gasteiger partial charge is 0.190 e. The largest absolute Gasteiger partial charge is 0.246 e. The summed E-state index contributed by atoms with van der Waals surface area (Å²) in [4.78, 5) is 9.27. The molecule has 0 saturated carbocycles. The average Bonchev–Trinajstić information content (AvgIpc) is 2.66. The highest BCUT2D eigenvalue weighted by Gasteiger charge is 2.19. The van der Waals surface area contributed by atoms with Crippen molar-refractivity contribution < 1.29 is 4.84 Å². The van der Waals surface area contributed by atoms with Crippen LogP contribution in [-0.4, -0.2) is 17.9 Å². The predicted molar refractivity (Wildman–Crippen MR) is 61.7 cm³/mol. The molecule has 1 aliphatic heterocycles. The molecule has 0 amide bonds. The van der Waals surface area contributed by atoms with E-state index < -0.39 is 0 Å². The monoisotopic (exact) mass is 264 g/mol. The van der Waals surface area contributed by atoms with Gasteiger partial charge in [0, 0.05) is 10.6 Å². The normalized spacial score (nSPS) is 19.9. The Morgan fingerprint density at radius 3 is 2.80 bits per heavy atom. The van der Waals surface area contributed by atoms with Crippen molar-refractivity contribution in [3.8, 4) is 0 Å². The van der Waals surface area contributed by atoms with Gasteiger partial charge < -0.3 is 0 Å². The van der Waals surface area contributed by atoms with Crippen LogP contribution in [0.1, 0.15) is 5.56 Å². The third-order valence-electron chi connectivity index (χ3n) is 1.88. The number of nitrogens with one attached hydrogen (secondary N) is 1. The number of hydrogen-bond donors (Lipinski definition) is 1. The molecule has 1 aromatic rings. The van der Waals surface area contributed by atoms with E-state index in [1.54, 1.807) is 18.2 Å². The minimum Gasteiger partial charge on any atom is -0.246 e. The molecule has 3 nitrogen and oxygen atoms in total. The topological polar surface area (TPSA) is 33.6 Å². The van der Waals surface area contributed by atoms with Gasteiger partial charge in [-0.25, -0.2) is 15.3 Å². The van der Waals surface area contributed by atoms with Gasteiger partial charge in [-0.1, -0.05) is 23.2 Å². The van der Waals surface area contributed by atoms with E-state index in [1.807, 2.05) is 0 Å². The maximum atomic E-state index is 6.01. The van der Waals surface area contributed by atoms with Gasteiger partial charge in [0.15, 0.2) is 12.1 Å². The van der Waals surface area contributed by atoms with Crippen LogP contribution in [0.2, 0.25) is 10.0 Å². The van der Waals surface area contributed by atoms with Crippen molar-refractivity contribution in [1.29, 1.82) is 0 Å². The second-order valence-corrected chi connectivity index (χ2v) is 4.08. The van der Waals surface area contributed by atoms with Gasteiger partial charge in [0.2, 0.25) is 0 Å². The molecule has 0 bridgehead atoms. The van der Waals surface area contributed by atoms with E-state index in [2.05, 4.69) is 10.5 Å². The van der Waals surface area contributed by atoms with Crippen LogP contribution in [0.3, 0.4) is 0 Å². The lowest BCUT2D eigenvalue weighted by Gasteiger charge is -2.03. The highest BCUT2D eigenvalue weighted by atomic mass is 35.5. The summed E-state index contributed by atoms with van der Waals surface area (Å²) >= 11 is 17.4. The SMILES string of the molecule is ClCC1N=C(c2ccc(Cl)cc2Cl)NO1. The van der Waals surface area contributed by atoms with E-state index in [4.69, 9.17) is 39.6 Å². The maximum absolute atomic E-state index is 6.01. The lowest BCUT2D eigenvalue weighted by atomic mass is 10.2. The number of hydroxylamine groups is 1. The first kappa shape index (κ1) is 11.0. The molecule has 1 atom stereocenters. The third-order valence-corrected chi connectivity index (χ3v) is 2.69. The number of amidine groups is 1. The molecule has 0 aromatic heterocycles. The fourth-order valence-electron chi connectivity index (χ4n) is 1.19. The van der Waals surface area contributed by atoms with Crippen molar-refractivity contribution in [1.82, 2.24) is 5.48 Å². The van der Waals surface area contributed by atoms with Crippen molar-refractivity contribution in [3.63, 3.8) is 0 Å². The van der Waals surface area contributed by atoms with E-state index in [1.165, 1.54) is 0 Å². The van der Waals surface area contributed by atoms with Crippen molar-refractivity contribution in [2.45, 2.75) is 6.23 Å². The molecule has 0 fully saturated rings. The van der Waals surface area contributed by atoms with E-state index in [-0.39, 0.29) is 6.23 Å². The van der Waals surface area contributed by atoms with E-state index in [0.717, 1.165) is 5.56 Å². The zero-order valence-corrected chi connectivity index (χ0v) is 9.77. The Morgan fingerprint density at radius 2 is 2.20 bits per heavy atom. The van der Waals surface area contributed by atoms with Crippen LogP contribution >= 0.6 is 34.8 Å². The van der Waals surface area contributed by atoms with Gasteiger partial charge in [0.1, 0.15) is 0 Å². The number of benzene rings is 1. The first-order chi connectivity index (χ1) is 7.20. The second-order valence-electron chi connectivity index (χ2n) is 2.93. The first-order valence-electron chi connectivity index (χ1n) is 4.21. The lowest BCUT2D eigenvalue weighted by molar-refractivity contribution is 0.0525. The third kappa shape index (κ3) is 2.37. The molecular weight excluding hydrogens is 258 g/mol. The van der Waals surface area contributed by atoms with Gasteiger partial charge in [0.05, 0.1) is 10.9 Å². The van der Waals surface area contributed by atoms with E-state index in [0.29, 0.717) is 21.8 Å². The van der Waals surface area contributed by atoms with Crippen molar-refractivity contribution >= 4 is 40.6 Å². The summed E-state index contributed by atoms with van der Waals surface area (Å²) in [6.07, 6.45) is -0.367. The molecule has 0 aliphatic carbocycles. The highest BCUT2D eigenvalue weighted by molar-refractivity contribution is 6.37. The number of aliphatic imine (C=N–C) groups is 1. The Kier molecular flexibility index (Phi) is 3.36. The Labute approximate surface area is 102 Å². The molecule has 1 heterocycles. The van der Waals surface area contributed by atoms with Crippen molar-refractivity contribution in [2.75, 3.05) is 5.88 Å². The Balaban J connectivity index is 2.31. The quantitative estimate of drug-likeness (QED) is 0.834. The van der Waals surface area contributed by atoms with Crippen LogP contribution in [0.5, 0.6) is 0 Å². The molecule has 1 N–H and O–H groups in total.